The van der Waals surface area contributed by atoms with Crippen molar-refractivity contribution in [1.82, 2.24) is 24.9 Å². The van der Waals surface area contributed by atoms with Crippen LogP contribution in [0.4, 0.5) is 17.3 Å². The SMILES string of the molecule is C#C.CC#CC(=O)N1CCN2c3nc4c(Nc5ccc(OC6=CCN(/N=C\C)C=C6)c(C)c5)ncnc4cc3OCC2C1. The second-order valence-electron chi connectivity index (χ2n) is 9.81. The molecule has 1 N–H and O–H groups in total. The van der Waals surface area contributed by atoms with E-state index in [2.05, 4.69) is 50.0 Å². The average Bonchev–Trinajstić information content (AvgIpc) is 3.03. The molecule has 0 saturated carbocycles. The Labute approximate surface area is 250 Å². The molecule has 2 aromatic heterocycles. The van der Waals surface area contributed by atoms with Crippen LogP contribution < -0.4 is 19.7 Å². The Morgan fingerprint density at radius 1 is 1.26 bits per heavy atom. The fourth-order valence-corrected chi connectivity index (χ4v) is 5.08. The zero-order chi connectivity index (χ0) is 30.3. The van der Waals surface area contributed by atoms with E-state index in [0.29, 0.717) is 55.4 Å². The summed E-state index contributed by atoms with van der Waals surface area (Å²) in [4.78, 5) is 30.2. The van der Waals surface area contributed by atoms with E-state index >= 15 is 0 Å². The van der Waals surface area contributed by atoms with Gasteiger partial charge >= 0.3 is 0 Å². The minimum atomic E-state index is -0.156. The molecule has 11 nitrogen and oxygen atoms in total. The van der Waals surface area contributed by atoms with E-state index in [1.807, 2.05) is 61.5 Å². The number of amides is 1. The molecule has 5 heterocycles. The molecule has 6 rings (SSSR count). The van der Waals surface area contributed by atoms with Gasteiger partial charge in [-0.05, 0) is 62.6 Å². The molecule has 0 spiro atoms. The Kier molecular flexibility index (Phi) is 8.73. The van der Waals surface area contributed by atoms with Crippen molar-refractivity contribution in [2.75, 3.05) is 43.0 Å². The Morgan fingerprint density at radius 3 is 2.86 bits per heavy atom. The second kappa shape index (κ2) is 13.0. The fourth-order valence-electron chi connectivity index (χ4n) is 5.08. The smallest absolute Gasteiger partial charge is 0.298 e. The highest BCUT2D eigenvalue weighted by molar-refractivity contribution is 5.94. The van der Waals surface area contributed by atoms with Crippen LogP contribution in [0.1, 0.15) is 19.4 Å². The van der Waals surface area contributed by atoms with Gasteiger partial charge in [-0.25, -0.2) is 15.0 Å². The van der Waals surface area contributed by atoms with Crippen molar-refractivity contribution in [1.29, 1.82) is 0 Å². The Balaban J connectivity index is 0.00000180. The first-order valence-electron chi connectivity index (χ1n) is 13.8. The maximum atomic E-state index is 12.3. The summed E-state index contributed by atoms with van der Waals surface area (Å²) < 4.78 is 12.2. The summed E-state index contributed by atoms with van der Waals surface area (Å²) in [6.45, 7) is 8.43. The largest absolute Gasteiger partial charge is 0.487 e. The number of hydrogen-bond acceptors (Lipinski definition) is 10. The van der Waals surface area contributed by atoms with Crippen LogP contribution in [0, 0.1) is 31.6 Å². The molecule has 0 bridgehead atoms. The van der Waals surface area contributed by atoms with Crippen LogP contribution in [-0.2, 0) is 4.79 Å². The van der Waals surface area contributed by atoms with Crippen LogP contribution in [0.5, 0.6) is 11.5 Å². The number of aromatic nitrogens is 3. The van der Waals surface area contributed by atoms with Gasteiger partial charge < -0.3 is 24.6 Å². The molecule has 3 aliphatic rings. The summed E-state index contributed by atoms with van der Waals surface area (Å²) in [5, 5.41) is 9.48. The standard InChI is InChI=1S/C30H30N8O3.C2H2/c1-4-6-27(39)36-13-14-38-22(17-36)18-40-26-16-24-28(35-30(26)38)29(32-19-31-24)34-21-7-8-25(20(3)15-21)41-23-9-11-37(12-10-23)33-5-2;1-2/h5,7-11,15-16,19,22H,12-14,17-18H2,1-3H3,(H,31,32,34);1-2H/b33-5-;. The number of carbonyl (C=O) groups excluding carboxylic acids is 1. The summed E-state index contributed by atoms with van der Waals surface area (Å²) >= 11 is 0. The summed E-state index contributed by atoms with van der Waals surface area (Å²) in [5.41, 5.74) is 3.14. The molecule has 0 radical (unpaired) electrons. The van der Waals surface area contributed by atoms with Gasteiger partial charge in [-0.15, -0.1) is 12.8 Å². The van der Waals surface area contributed by atoms with Crippen molar-refractivity contribution >= 4 is 40.5 Å². The lowest BCUT2D eigenvalue weighted by Gasteiger charge is -2.44. The third-order valence-electron chi connectivity index (χ3n) is 7.08. The molecule has 218 valence electrons. The number of ether oxygens (including phenoxy) is 2. The summed E-state index contributed by atoms with van der Waals surface area (Å²) in [5.74, 6) is 8.72. The quantitative estimate of drug-likeness (QED) is 0.358. The van der Waals surface area contributed by atoms with Gasteiger partial charge in [0.05, 0.1) is 18.1 Å². The van der Waals surface area contributed by atoms with Crippen molar-refractivity contribution in [3.63, 3.8) is 0 Å². The third-order valence-corrected chi connectivity index (χ3v) is 7.08. The predicted octanol–water partition coefficient (Wildman–Crippen LogP) is 3.86. The number of terminal acetylenes is 1. The molecule has 0 aliphatic carbocycles. The number of aryl methyl sites for hydroxylation is 1. The number of allylic oxidation sites excluding steroid dienone is 1. The maximum Gasteiger partial charge on any atom is 0.298 e. The van der Waals surface area contributed by atoms with Gasteiger partial charge in [0.1, 0.15) is 30.0 Å². The number of fused-ring (bicyclic) bond motifs is 4. The number of carbonyl (C=O) groups is 1. The van der Waals surface area contributed by atoms with Gasteiger partial charge in [-0.1, -0.05) is 5.92 Å². The molecule has 11 heteroatoms. The second-order valence-corrected chi connectivity index (χ2v) is 9.81. The van der Waals surface area contributed by atoms with Gasteiger partial charge in [0.2, 0.25) is 0 Å². The third kappa shape index (κ3) is 6.21. The minimum Gasteiger partial charge on any atom is -0.487 e. The topological polar surface area (TPSA) is 108 Å². The van der Waals surface area contributed by atoms with E-state index in [1.54, 1.807) is 18.0 Å². The monoisotopic (exact) mass is 576 g/mol. The molecule has 1 aromatic carbocycles. The van der Waals surface area contributed by atoms with Crippen LogP contribution >= 0.6 is 0 Å². The van der Waals surface area contributed by atoms with Crippen LogP contribution in [0.2, 0.25) is 0 Å². The molecule has 1 amide bonds. The van der Waals surface area contributed by atoms with E-state index in [1.165, 1.54) is 6.33 Å². The molecule has 1 fully saturated rings. The number of pyridine rings is 1. The fraction of sp³-hybridized carbons (Fsp3) is 0.281. The lowest BCUT2D eigenvalue weighted by Crippen LogP contribution is -2.58. The normalized spacial score (nSPS) is 17.0. The highest BCUT2D eigenvalue weighted by Gasteiger charge is 2.35. The highest BCUT2D eigenvalue weighted by Crippen LogP contribution is 2.37. The first kappa shape index (κ1) is 29.0. The number of nitrogens with one attached hydrogen (secondary N) is 1. The number of anilines is 3. The van der Waals surface area contributed by atoms with E-state index < -0.39 is 0 Å². The summed E-state index contributed by atoms with van der Waals surface area (Å²) in [7, 11) is 0. The van der Waals surface area contributed by atoms with Gasteiger partial charge in [-0.3, -0.25) is 9.80 Å². The van der Waals surface area contributed by atoms with Gasteiger partial charge in [0.15, 0.2) is 17.4 Å². The van der Waals surface area contributed by atoms with E-state index in [0.717, 1.165) is 28.6 Å². The number of rotatable bonds is 5. The van der Waals surface area contributed by atoms with Crippen molar-refractivity contribution in [3.8, 4) is 36.2 Å². The number of hydrogen-bond donors (Lipinski definition) is 1. The number of piperazine rings is 1. The minimum absolute atomic E-state index is 0.00314. The average molecular weight is 577 g/mol. The summed E-state index contributed by atoms with van der Waals surface area (Å²) in [6, 6.07) is 7.79. The lowest BCUT2D eigenvalue weighted by atomic mass is 10.1. The highest BCUT2D eigenvalue weighted by atomic mass is 16.5. The maximum absolute atomic E-state index is 12.3. The van der Waals surface area contributed by atoms with Crippen molar-refractivity contribution in [3.05, 3.63) is 60.3 Å². The molecular weight excluding hydrogens is 544 g/mol. The van der Waals surface area contributed by atoms with E-state index in [9.17, 15) is 4.79 Å². The molecule has 3 aliphatic heterocycles. The zero-order valence-electron chi connectivity index (χ0n) is 24.3. The van der Waals surface area contributed by atoms with Crippen LogP contribution in [0.25, 0.3) is 11.0 Å². The van der Waals surface area contributed by atoms with Crippen LogP contribution in [0.15, 0.2) is 59.8 Å². The Hall–Kier alpha value is -5.55. The van der Waals surface area contributed by atoms with E-state index in [4.69, 9.17) is 14.5 Å². The van der Waals surface area contributed by atoms with Crippen molar-refractivity contribution in [2.45, 2.75) is 26.8 Å². The molecule has 43 heavy (non-hydrogen) atoms. The van der Waals surface area contributed by atoms with Crippen LogP contribution in [-0.4, -0.2) is 75.8 Å². The molecular formula is C32H32N8O3. The first-order chi connectivity index (χ1) is 21.0. The Morgan fingerprint density at radius 2 is 2.12 bits per heavy atom. The van der Waals surface area contributed by atoms with Crippen molar-refractivity contribution < 1.29 is 14.3 Å². The Bertz CT molecular complexity index is 1700. The number of benzene rings is 1. The predicted molar refractivity (Wildman–Crippen MR) is 167 cm³/mol. The van der Waals surface area contributed by atoms with Gasteiger partial charge in [0.25, 0.3) is 5.91 Å². The van der Waals surface area contributed by atoms with Gasteiger partial charge in [0, 0.05) is 43.8 Å². The van der Waals surface area contributed by atoms with Gasteiger partial charge in [-0.2, -0.15) is 5.10 Å². The van der Waals surface area contributed by atoms with Crippen molar-refractivity contribution in [2.24, 2.45) is 5.10 Å². The number of hydrazone groups is 1. The molecule has 1 atom stereocenters. The van der Waals surface area contributed by atoms with E-state index in [-0.39, 0.29) is 11.9 Å². The zero-order valence-corrected chi connectivity index (χ0v) is 24.3. The number of nitrogens with zero attached hydrogens (tertiary/aromatic N) is 7. The molecule has 1 unspecified atom stereocenters. The molecule has 1 saturated heterocycles. The lowest BCUT2D eigenvalue weighted by molar-refractivity contribution is -0.126. The van der Waals surface area contributed by atoms with Crippen LogP contribution in [0.3, 0.4) is 0 Å². The molecule has 3 aromatic rings. The first-order valence-corrected chi connectivity index (χ1v) is 13.8. The summed E-state index contributed by atoms with van der Waals surface area (Å²) in [6.07, 6.45) is 17.0.